The lowest BCUT2D eigenvalue weighted by atomic mass is 10.0. The Kier molecular flexibility index (Phi) is 4.15. The SMILES string of the molecule is CC1CCN(C(C)(C)C)CC(CN)N1C. The van der Waals surface area contributed by atoms with E-state index in [0.717, 1.165) is 13.1 Å². The summed E-state index contributed by atoms with van der Waals surface area (Å²) in [5, 5.41) is 0. The van der Waals surface area contributed by atoms with Crippen molar-refractivity contribution in [3.63, 3.8) is 0 Å². The molecule has 0 aromatic heterocycles. The lowest BCUT2D eigenvalue weighted by molar-refractivity contribution is 0.117. The maximum absolute atomic E-state index is 5.86. The highest BCUT2D eigenvalue weighted by molar-refractivity contribution is 4.87. The van der Waals surface area contributed by atoms with Crippen molar-refractivity contribution in [2.45, 2.75) is 51.7 Å². The van der Waals surface area contributed by atoms with Crippen LogP contribution >= 0.6 is 0 Å². The Bertz CT molecular complexity index is 198. The Morgan fingerprint density at radius 2 is 1.93 bits per heavy atom. The van der Waals surface area contributed by atoms with Crippen molar-refractivity contribution in [2.75, 3.05) is 26.7 Å². The molecule has 3 heteroatoms. The van der Waals surface area contributed by atoms with Gasteiger partial charge in [0.05, 0.1) is 0 Å². The second-order valence-electron chi connectivity index (χ2n) is 5.81. The fourth-order valence-corrected chi connectivity index (χ4v) is 2.23. The van der Waals surface area contributed by atoms with Crippen LogP contribution in [0.4, 0.5) is 0 Å². The zero-order chi connectivity index (χ0) is 11.6. The highest BCUT2D eigenvalue weighted by Gasteiger charge is 2.30. The average Bonchev–Trinajstić information content (AvgIpc) is 2.27. The number of hydrogen-bond donors (Lipinski definition) is 1. The minimum Gasteiger partial charge on any atom is -0.329 e. The first-order chi connectivity index (χ1) is 6.86. The minimum absolute atomic E-state index is 0.262. The molecule has 0 amide bonds. The molecule has 0 aliphatic carbocycles. The van der Waals surface area contributed by atoms with Crippen LogP contribution in [0.2, 0.25) is 0 Å². The summed E-state index contributed by atoms with van der Waals surface area (Å²) < 4.78 is 0. The predicted molar refractivity (Wildman–Crippen MR) is 66.0 cm³/mol. The zero-order valence-corrected chi connectivity index (χ0v) is 11.0. The average molecular weight is 213 g/mol. The van der Waals surface area contributed by atoms with E-state index >= 15 is 0 Å². The number of nitrogens with zero attached hydrogens (tertiary/aromatic N) is 2. The van der Waals surface area contributed by atoms with Gasteiger partial charge in [-0.1, -0.05) is 0 Å². The van der Waals surface area contributed by atoms with E-state index in [9.17, 15) is 0 Å². The monoisotopic (exact) mass is 213 g/mol. The van der Waals surface area contributed by atoms with Gasteiger partial charge in [-0.05, 0) is 41.2 Å². The van der Waals surface area contributed by atoms with Crippen LogP contribution in [0.1, 0.15) is 34.1 Å². The van der Waals surface area contributed by atoms with Crippen LogP contribution in [0.15, 0.2) is 0 Å². The quantitative estimate of drug-likeness (QED) is 0.709. The molecule has 1 aliphatic rings. The van der Waals surface area contributed by atoms with Crippen LogP contribution in [0, 0.1) is 0 Å². The first-order valence-electron chi connectivity index (χ1n) is 6.03. The Morgan fingerprint density at radius 1 is 1.33 bits per heavy atom. The van der Waals surface area contributed by atoms with Crippen LogP contribution < -0.4 is 5.73 Å². The predicted octanol–water partition coefficient (Wildman–Crippen LogP) is 1.14. The van der Waals surface area contributed by atoms with Gasteiger partial charge in [-0.25, -0.2) is 0 Å². The maximum Gasteiger partial charge on any atom is 0.0345 e. The number of likely N-dealkylation sites (N-methyl/N-ethyl adjacent to an activating group) is 1. The van der Waals surface area contributed by atoms with Gasteiger partial charge >= 0.3 is 0 Å². The van der Waals surface area contributed by atoms with Gasteiger partial charge in [0.1, 0.15) is 0 Å². The molecule has 1 saturated heterocycles. The first-order valence-corrected chi connectivity index (χ1v) is 6.03. The summed E-state index contributed by atoms with van der Waals surface area (Å²) >= 11 is 0. The Labute approximate surface area is 94.6 Å². The minimum atomic E-state index is 0.262. The molecule has 0 aromatic rings. The summed E-state index contributed by atoms with van der Waals surface area (Å²) in [7, 11) is 2.20. The normalized spacial score (nSPS) is 31.6. The largest absolute Gasteiger partial charge is 0.329 e. The molecule has 1 heterocycles. The molecular weight excluding hydrogens is 186 g/mol. The summed E-state index contributed by atoms with van der Waals surface area (Å²) in [4.78, 5) is 5.00. The Hall–Kier alpha value is -0.120. The lowest BCUT2D eigenvalue weighted by Gasteiger charge is -2.37. The van der Waals surface area contributed by atoms with Gasteiger partial charge in [-0.3, -0.25) is 9.80 Å². The third-order valence-corrected chi connectivity index (χ3v) is 3.74. The van der Waals surface area contributed by atoms with E-state index in [4.69, 9.17) is 5.73 Å². The van der Waals surface area contributed by atoms with Crippen LogP contribution in [0.25, 0.3) is 0 Å². The van der Waals surface area contributed by atoms with Crippen molar-refractivity contribution in [3.8, 4) is 0 Å². The number of rotatable bonds is 1. The smallest absolute Gasteiger partial charge is 0.0345 e. The molecular formula is C12H27N3. The molecule has 0 spiro atoms. The van der Waals surface area contributed by atoms with Crippen molar-refractivity contribution in [3.05, 3.63) is 0 Å². The van der Waals surface area contributed by atoms with Gasteiger partial charge in [0.15, 0.2) is 0 Å². The van der Waals surface area contributed by atoms with Crippen molar-refractivity contribution in [2.24, 2.45) is 5.73 Å². The van der Waals surface area contributed by atoms with E-state index < -0.39 is 0 Å². The number of hydrogen-bond acceptors (Lipinski definition) is 3. The van der Waals surface area contributed by atoms with Crippen molar-refractivity contribution in [1.82, 2.24) is 9.80 Å². The summed E-state index contributed by atoms with van der Waals surface area (Å²) in [6.45, 7) is 12.2. The molecule has 3 nitrogen and oxygen atoms in total. The van der Waals surface area contributed by atoms with Crippen molar-refractivity contribution in [1.29, 1.82) is 0 Å². The fourth-order valence-electron chi connectivity index (χ4n) is 2.23. The molecule has 1 aliphatic heterocycles. The van der Waals surface area contributed by atoms with E-state index in [2.05, 4.69) is 44.5 Å². The number of nitrogens with two attached hydrogens (primary N) is 1. The maximum atomic E-state index is 5.86. The molecule has 2 atom stereocenters. The topological polar surface area (TPSA) is 32.5 Å². The van der Waals surface area contributed by atoms with Crippen molar-refractivity contribution >= 4 is 0 Å². The Balaban J connectivity index is 2.73. The van der Waals surface area contributed by atoms with E-state index in [1.807, 2.05) is 0 Å². The van der Waals surface area contributed by atoms with Crippen molar-refractivity contribution < 1.29 is 0 Å². The summed E-state index contributed by atoms with van der Waals surface area (Å²) in [5.74, 6) is 0. The molecule has 0 saturated carbocycles. The molecule has 1 rings (SSSR count). The second-order valence-corrected chi connectivity index (χ2v) is 5.81. The van der Waals surface area contributed by atoms with E-state index in [1.54, 1.807) is 0 Å². The fraction of sp³-hybridized carbons (Fsp3) is 1.00. The molecule has 1 fully saturated rings. The highest BCUT2D eigenvalue weighted by Crippen LogP contribution is 2.20. The highest BCUT2D eigenvalue weighted by atomic mass is 15.3. The van der Waals surface area contributed by atoms with Crippen LogP contribution in [0.3, 0.4) is 0 Å². The molecule has 0 aromatic carbocycles. The first kappa shape index (κ1) is 12.9. The summed E-state index contributed by atoms with van der Waals surface area (Å²) in [5.41, 5.74) is 6.12. The molecule has 0 bridgehead atoms. The van der Waals surface area contributed by atoms with Gasteiger partial charge in [-0.2, -0.15) is 0 Å². The molecule has 15 heavy (non-hydrogen) atoms. The van der Waals surface area contributed by atoms with Gasteiger partial charge in [-0.15, -0.1) is 0 Å². The second kappa shape index (κ2) is 4.81. The third kappa shape index (κ3) is 3.16. The summed E-state index contributed by atoms with van der Waals surface area (Å²) in [6.07, 6.45) is 1.24. The summed E-state index contributed by atoms with van der Waals surface area (Å²) in [6, 6.07) is 1.15. The molecule has 90 valence electrons. The zero-order valence-electron chi connectivity index (χ0n) is 11.0. The van der Waals surface area contributed by atoms with Crippen LogP contribution in [-0.4, -0.2) is 54.1 Å². The van der Waals surface area contributed by atoms with Gasteiger partial charge in [0.2, 0.25) is 0 Å². The van der Waals surface area contributed by atoms with Gasteiger partial charge < -0.3 is 5.73 Å². The molecule has 0 radical (unpaired) electrons. The third-order valence-electron chi connectivity index (χ3n) is 3.74. The lowest BCUT2D eigenvalue weighted by Crippen LogP contribution is -2.50. The van der Waals surface area contributed by atoms with Crippen LogP contribution in [-0.2, 0) is 0 Å². The van der Waals surface area contributed by atoms with E-state index in [1.165, 1.54) is 13.0 Å². The Morgan fingerprint density at radius 3 is 2.40 bits per heavy atom. The van der Waals surface area contributed by atoms with E-state index in [0.29, 0.717) is 12.1 Å². The van der Waals surface area contributed by atoms with Gasteiger partial charge in [0, 0.05) is 37.3 Å². The van der Waals surface area contributed by atoms with E-state index in [-0.39, 0.29) is 5.54 Å². The standard InChI is InChI=1S/C12H27N3/c1-10-6-7-15(12(2,3)4)9-11(8-13)14(10)5/h10-11H,6-9,13H2,1-5H3. The van der Waals surface area contributed by atoms with Crippen LogP contribution in [0.5, 0.6) is 0 Å². The molecule has 2 unspecified atom stereocenters. The van der Waals surface area contributed by atoms with Gasteiger partial charge in [0.25, 0.3) is 0 Å². The molecule has 2 N–H and O–H groups in total.